The van der Waals surface area contributed by atoms with Crippen molar-refractivity contribution in [3.63, 3.8) is 0 Å². The van der Waals surface area contributed by atoms with Crippen LogP contribution < -0.4 is 21.3 Å². The lowest BCUT2D eigenvalue weighted by Crippen LogP contribution is -2.62. The second kappa shape index (κ2) is 17.9. The maximum atomic E-state index is 14.1. The third kappa shape index (κ3) is 12.3. The van der Waals surface area contributed by atoms with E-state index in [2.05, 4.69) is 21.3 Å². The summed E-state index contributed by atoms with van der Waals surface area (Å²) in [6, 6.07) is -0.0330. The van der Waals surface area contributed by atoms with Gasteiger partial charge in [0.1, 0.15) is 24.2 Å². The standard InChI is InChI=1S/C34H51F2N5O8/c1-18(2)16-22-13-15-41(30(44)27(34(5,6)7)40-33(49)39-25(19(3)4)32(47)48)26(22)29(43)38-23(17-24(35)36)28(42)37-14-12-20-8-10-21(11-9-20)31(45)46/h8-11,18-19,22-27H,12-17H2,1-7H3,(H,37,42)(H,38,43)(H,45,46)(H,47,48)(H2,39,40,49)/t22-,23+,25+,26+,27-/m1/s1. The number of hydrogen-bond acceptors (Lipinski definition) is 6. The summed E-state index contributed by atoms with van der Waals surface area (Å²) in [5.74, 6) is -5.23. The van der Waals surface area contributed by atoms with E-state index in [1.807, 2.05) is 13.8 Å². The number of aromatic carboxylic acids is 1. The van der Waals surface area contributed by atoms with Crippen LogP contribution in [0.1, 0.15) is 83.7 Å². The number of rotatable bonds is 16. The monoisotopic (exact) mass is 695 g/mol. The maximum absolute atomic E-state index is 14.1. The predicted octanol–water partition coefficient (Wildman–Crippen LogP) is 3.27. The van der Waals surface area contributed by atoms with Gasteiger partial charge in [0.15, 0.2) is 0 Å². The number of nitrogens with zero attached hydrogens (tertiary/aromatic N) is 1. The largest absolute Gasteiger partial charge is 0.480 e. The topological polar surface area (TPSA) is 194 Å². The van der Waals surface area contributed by atoms with Crippen LogP contribution in [0.4, 0.5) is 13.6 Å². The Morgan fingerprint density at radius 3 is 2.04 bits per heavy atom. The van der Waals surface area contributed by atoms with Gasteiger partial charge in [0, 0.05) is 19.5 Å². The van der Waals surface area contributed by atoms with E-state index in [9.17, 15) is 42.7 Å². The Morgan fingerprint density at radius 2 is 1.55 bits per heavy atom. The fraction of sp³-hybridized carbons (Fsp3) is 0.647. The van der Waals surface area contributed by atoms with Gasteiger partial charge in [0.2, 0.25) is 24.1 Å². The van der Waals surface area contributed by atoms with Crippen LogP contribution in [0.5, 0.6) is 0 Å². The van der Waals surface area contributed by atoms with Gasteiger partial charge in [-0.25, -0.2) is 23.2 Å². The summed E-state index contributed by atoms with van der Waals surface area (Å²) in [6.07, 6.45) is -2.67. The number of alkyl halides is 2. The minimum absolute atomic E-state index is 0.0331. The summed E-state index contributed by atoms with van der Waals surface area (Å²) >= 11 is 0. The lowest BCUT2D eigenvalue weighted by molar-refractivity contribution is -0.143. The van der Waals surface area contributed by atoms with Crippen molar-refractivity contribution in [3.05, 3.63) is 35.4 Å². The Hall–Kier alpha value is -4.30. The number of carboxylic acid groups (broad SMARTS) is 2. The van der Waals surface area contributed by atoms with Crippen LogP contribution in [-0.4, -0.2) is 94.5 Å². The highest BCUT2D eigenvalue weighted by molar-refractivity contribution is 5.95. The maximum Gasteiger partial charge on any atom is 0.335 e. The molecule has 1 aliphatic heterocycles. The molecule has 0 bridgehead atoms. The van der Waals surface area contributed by atoms with Crippen molar-refractivity contribution in [2.45, 2.75) is 105 Å². The summed E-state index contributed by atoms with van der Waals surface area (Å²) in [5, 5.41) is 28.6. The van der Waals surface area contributed by atoms with Crippen molar-refractivity contribution in [3.8, 4) is 0 Å². The highest BCUT2D eigenvalue weighted by Crippen LogP contribution is 2.33. The van der Waals surface area contributed by atoms with Crippen molar-refractivity contribution in [2.24, 2.45) is 23.2 Å². The number of nitrogens with one attached hydrogen (secondary N) is 4. The second-order valence-corrected chi connectivity index (χ2v) is 14.4. The highest BCUT2D eigenvalue weighted by Gasteiger charge is 2.47. The van der Waals surface area contributed by atoms with Gasteiger partial charge in [-0.15, -0.1) is 0 Å². The summed E-state index contributed by atoms with van der Waals surface area (Å²) < 4.78 is 27.3. The molecule has 6 N–H and O–H groups in total. The van der Waals surface area contributed by atoms with E-state index in [1.54, 1.807) is 46.8 Å². The van der Waals surface area contributed by atoms with E-state index in [-0.39, 0.29) is 36.9 Å². The summed E-state index contributed by atoms with van der Waals surface area (Å²) in [4.78, 5) is 78.0. The van der Waals surface area contributed by atoms with Gasteiger partial charge in [-0.2, -0.15) is 0 Å². The van der Waals surface area contributed by atoms with Crippen molar-refractivity contribution in [2.75, 3.05) is 13.1 Å². The van der Waals surface area contributed by atoms with E-state index in [1.165, 1.54) is 17.0 Å². The molecule has 1 fully saturated rings. The molecule has 1 saturated heterocycles. The first-order chi connectivity index (χ1) is 22.7. The molecule has 0 saturated carbocycles. The van der Waals surface area contributed by atoms with E-state index >= 15 is 0 Å². The van der Waals surface area contributed by atoms with Crippen molar-refractivity contribution < 1.29 is 47.8 Å². The van der Waals surface area contributed by atoms with Crippen LogP contribution in [0.2, 0.25) is 0 Å². The molecular weight excluding hydrogens is 644 g/mol. The molecule has 13 nitrogen and oxygen atoms in total. The predicted molar refractivity (Wildman–Crippen MR) is 177 cm³/mol. The zero-order chi connectivity index (χ0) is 37.2. The van der Waals surface area contributed by atoms with Gasteiger partial charge in [-0.05, 0) is 60.1 Å². The molecule has 1 heterocycles. The van der Waals surface area contributed by atoms with Crippen molar-refractivity contribution in [1.82, 2.24) is 26.2 Å². The summed E-state index contributed by atoms with van der Waals surface area (Å²) in [7, 11) is 0. The normalized spacial score (nSPS) is 18.2. The number of halogens is 2. The molecule has 0 aliphatic carbocycles. The number of carbonyl (C=O) groups is 6. The number of amides is 5. The molecule has 1 aromatic rings. The number of hydrogen-bond donors (Lipinski definition) is 6. The molecule has 0 unspecified atom stereocenters. The molecule has 5 atom stereocenters. The first-order valence-corrected chi connectivity index (χ1v) is 16.5. The van der Waals surface area contributed by atoms with Crippen LogP contribution in [0, 0.1) is 23.2 Å². The molecule has 1 aliphatic rings. The molecule has 1 aromatic carbocycles. The zero-order valence-corrected chi connectivity index (χ0v) is 29.2. The van der Waals surface area contributed by atoms with Crippen LogP contribution >= 0.6 is 0 Å². The van der Waals surface area contributed by atoms with E-state index in [0.29, 0.717) is 18.4 Å². The van der Waals surface area contributed by atoms with Crippen LogP contribution in [-0.2, 0) is 25.6 Å². The molecule has 5 amide bonds. The number of carboxylic acids is 2. The van der Waals surface area contributed by atoms with Gasteiger partial charge in [-0.3, -0.25) is 14.4 Å². The molecule has 0 radical (unpaired) electrons. The number of likely N-dealkylation sites (tertiary alicyclic amines) is 1. The fourth-order valence-electron chi connectivity index (χ4n) is 5.89. The summed E-state index contributed by atoms with van der Waals surface area (Å²) in [6.45, 7) is 12.4. The first kappa shape index (κ1) is 40.9. The Labute approximate surface area is 285 Å². The average molecular weight is 696 g/mol. The minimum Gasteiger partial charge on any atom is -0.480 e. The van der Waals surface area contributed by atoms with Gasteiger partial charge in [0.05, 0.1) is 5.56 Å². The summed E-state index contributed by atoms with van der Waals surface area (Å²) in [5.41, 5.74) is -0.0861. The van der Waals surface area contributed by atoms with Gasteiger partial charge in [-0.1, -0.05) is 60.6 Å². The Bertz CT molecular complexity index is 1330. The van der Waals surface area contributed by atoms with Crippen molar-refractivity contribution in [1.29, 1.82) is 0 Å². The number of urea groups is 1. The third-order valence-electron chi connectivity index (χ3n) is 8.42. The zero-order valence-electron chi connectivity index (χ0n) is 29.2. The quantitative estimate of drug-likeness (QED) is 0.152. The third-order valence-corrected chi connectivity index (χ3v) is 8.42. The average Bonchev–Trinajstić information content (AvgIpc) is 3.40. The smallest absolute Gasteiger partial charge is 0.335 e. The molecular formula is C34H51F2N5O8. The molecule has 274 valence electrons. The molecule has 0 spiro atoms. The number of carbonyl (C=O) groups excluding carboxylic acids is 4. The van der Waals surface area contributed by atoms with Gasteiger partial charge < -0.3 is 36.4 Å². The van der Waals surface area contributed by atoms with Crippen LogP contribution in [0.25, 0.3) is 0 Å². The molecule has 49 heavy (non-hydrogen) atoms. The number of benzene rings is 1. The van der Waals surface area contributed by atoms with Crippen LogP contribution in [0.15, 0.2) is 24.3 Å². The Morgan fingerprint density at radius 1 is 0.939 bits per heavy atom. The SMILES string of the molecule is CC(C)C[C@H]1CCN(C(=O)[C@@H](NC(=O)N[C@H](C(=O)O)C(C)C)C(C)(C)C)[C@@H]1C(=O)N[C@@H](CC(F)F)C(=O)NCCc1ccc(C(=O)O)cc1. The molecule has 2 rings (SSSR count). The lowest BCUT2D eigenvalue weighted by Gasteiger charge is -2.37. The Kier molecular flexibility index (Phi) is 14.9. The van der Waals surface area contributed by atoms with E-state index in [4.69, 9.17) is 5.11 Å². The molecule has 0 aromatic heterocycles. The minimum atomic E-state index is -2.93. The highest BCUT2D eigenvalue weighted by atomic mass is 19.3. The Balaban J connectivity index is 2.27. The first-order valence-electron chi connectivity index (χ1n) is 16.5. The van der Waals surface area contributed by atoms with Gasteiger partial charge >= 0.3 is 18.0 Å². The van der Waals surface area contributed by atoms with E-state index in [0.717, 1.165) is 0 Å². The van der Waals surface area contributed by atoms with Crippen LogP contribution in [0.3, 0.4) is 0 Å². The van der Waals surface area contributed by atoms with E-state index < -0.39 is 84.0 Å². The van der Waals surface area contributed by atoms with Crippen molar-refractivity contribution >= 4 is 35.7 Å². The van der Waals surface area contributed by atoms with Gasteiger partial charge in [0.25, 0.3) is 0 Å². The second-order valence-electron chi connectivity index (χ2n) is 14.4. The fourth-order valence-corrected chi connectivity index (χ4v) is 5.89. The number of aliphatic carboxylic acids is 1. The lowest BCUT2D eigenvalue weighted by atomic mass is 9.85. The molecule has 15 heteroatoms.